The molecule has 0 atom stereocenters. The van der Waals surface area contributed by atoms with Crippen LogP contribution in [0.4, 0.5) is 5.95 Å². The van der Waals surface area contributed by atoms with E-state index in [1.54, 1.807) is 0 Å². The molecule has 0 radical (unpaired) electrons. The predicted octanol–water partition coefficient (Wildman–Crippen LogP) is 2.02. The Bertz CT molecular complexity index is 443. The van der Waals surface area contributed by atoms with Crippen LogP contribution < -0.4 is 5.73 Å². The molecular weight excluding hydrogens is 162 g/mol. The lowest BCUT2D eigenvalue weighted by Crippen LogP contribution is -1.85. The molecule has 0 spiro atoms. The summed E-state index contributed by atoms with van der Waals surface area (Å²) in [5.41, 5.74) is 10.1. The van der Waals surface area contributed by atoms with Gasteiger partial charge in [-0.2, -0.15) is 0 Å². The maximum atomic E-state index is 5.62. The van der Waals surface area contributed by atoms with Crippen molar-refractivity contribution < 1.29 is 0 Å². The van der Waals surface area contributed by atoms with Gasteiger partial charge in [-0.3, -0.25) is 0 Å². The highest BCUT2D eigenvalue weighted by molar-refractivity contribution is 5.83. The lowest BCUT2D eigenvalue weighted by molar-refractivity contribution is 1.15. The van der Waals surface area contributed by atoms with Crippen LogP contribution in [0.25, 0.3) is 11.0 Å². The number of benzene rings is 1. The van der Waals surface area contributed by atoms with Crippen molar-refractivity contribution in [3.8, 4) is 0 Å². The Morgan fingerprint density at radius 2 is 2.23 bits per heavy atom. The van der Waals surface area contributed by atoms with Crippen molar-refractivity contribution in [2.24, 2.45) is 0 Å². The number of hydrogen-bond acceptors (Lipinski definition) is 2. The number of nitrogens with zero attached hydrogens (tertiary/aromatic N) is 1. The predicted molar refractivity (Wildman–Crippen MR) is 54.6 cm³/mol. The Balaban J connectivity index is 2.83. The molecule has 0 saturated carbocycles. The highest BCUT2D eigenvalue weighted by atomic mass is 15.0. The normalized spacial score (nSPS) is 10.9. The average Bonchev–Trinajstić information content (AvgIpc) is 2.48. The monoisotopic (exact) mass is 175 g/mol. The molecule has 3 heteroatoms. The molecule has 2 aromatic rings. The highest BCUT2D eigenvalue weighted by Crippen LogP contribution is 2.21. The number of anilines is 1. The zero-order valence-electron chi connectivity index (χ0n) is 7.89. The number of nitrogens with two attached hydrogens (primary N) is 1. The fourth-order valence-electron chi connectivity index (χ4n) is 1.59. The minimum Gasteiger partial charge on any atom is -0.369 e. The van der Waals surface area contributed by atoms with E-state index in [9.17, 15) is 0 Å². The van der Waals surface area contributed by atoms with E-state index in [-0.39, 0.29) is 0 Å². The third-order valence-electron chi connectivity index (χ3n) is 2.33. The summed E-state index contributed by atoms with van der Waals surface area (Å²) in [6, 6.07) is 4.21. The smallest absolute Gasteiger partial charge is 0.198 e. The number of aromatic amines is 1. The van der Waals surface area contributed by atoms with Crippen molar-refractivity contribution in [2.75, 3.05) is 5.73 Å². The van der Waals surface area contributed by atoms with Crippen molar-refractivity contribution in [1.29, 1.82) is 0 Å². The minimum absolute atomic E-state index is 0.499. The molecule has 1 aromatic carbocycles. The first-order valence-electron chi connectivity index (χ1n) is 4.46. The van der Waals surface area contributed by atoms with Crippen molar-refractivity contribution in [2.45, 2.75) is 20.3 Å². The molecular formula is C10H13N3. The Morgan fingerprint density at radius 1 is 1.46 bits per heavy atom. The topological polar surface area (TPSA) is 54.7 Å². The third-order valence-corrected chi connectivity index (χ3v) is 2.33. The second-order valence-corrected chi connectivity index (χ2v) is 3.24. The lowest BCUT2D eigenvalue weighted by atomic mass is 10.1. The zero-order chi connectivity index (χ0) is 9.42. The first kappa shape index (κ1) is 8.10. The standard InChI is InChI=1S/C10H13N3/c1-3-7-5-4-6(2)8-9(7)13-10(11)12-8/h4-5H,3H2,1-2H3,(H3,11,12,13). The van der Waals surface area contributed by atoms with Gasteiger partial charge in [0.2, 0.25) is 0 Å². The van der Waals surface area contributed by atoms with Crippen LogP contribution in [0.2, 0.25) is 0 Å². The summed E-state index contributed by atoms with van der Waals surface area (Å²) < 4.78 is 0. The number of fused-ring (bicyclic) bond motifs is 1. The molecule has 3 nitrogen and oxygen atoms in total. The Labute approximate surface area is 77.0 Å². The van der Waals surface area contributed by atoms with Crippen LogP contribution >= 0.6 is 0 Å². The number of nitrogen functional groups attached to an aromatic ring is 1. The molecule has 2 rings (SSSR count). The van der Waals surface area contributed by atoms with Crippen LogP contribution in [-0.2, 0) is 6.42 Å². The van der Waals surface area contributed by atoms with Crippen LogP contribution in [0.5, 0.6) is 0 Å². The molecule has 0 aliphatic carbocycles. The summed E-state index contributed by atoms with van der Waals surface area (Å²) in [7, 11) is 0. The first-order chi connectivity index (χ1) is 6.22. The number of aryl methyl sites for hydroxylation is 2. The number of rotatable bonds is 1. The second-order valence-electron chi connectivity index (χ2n) is 3.24. The molecule has 0 aliphatic heterocycles. The van der Waals surface area contributed by atoms with E-state index >= 15 is 0 Å². The zero-order valence-corrected chi connectivity index (χ0v) is 7.89. The molecule has 0 amide bonds. The van der Waals surface area contributed by atoms with Gasteiger partial charge < -0.3 is 10.7 Å². The van der Waals surface area contributed by atoms with Crippen molar-refractivity contribution in [3.05, 3.63) is 23.3 Å². The van der Waals surface area contributed by atoms with Gasteiger partial charge in [-0.25, -0.2) is 4.98 Å². The van der Waals surface area contributed by atoms with E-state index in [4.69, 9.17) is 5.73 Å². The fraction of sp³-hybridized carbons (Fsp3) is 0.300. The fourth-order valence-corrected chi connectivity index (χ4v) is 1.59. The number of hydrogen-bond donors (Lipinski definition) is 2. The molecule has 1 heterocycles. The largest absolute Gasteiger partial charge is 0.369 e. The van der Waals surface area contributed by atoms with Gasteiger partial charge in [-0.05, 0) is 24.5 Å². The van der Waals surface area contributed by atoms with Crippen LogP contribution in [0.1, 0.15) is 18.1 Å². The summed E-state index contributed by atoms with van der Waals surface area (Å²) in [5, 5.41) is 0. The molecule has 68 valence electrons. The molecule has 1 aromatic heterocycles. The Morgan fingerprint density at radius 3 is 2.92 bits per heavy atom. The molecule has 0 fully saturated rings. The van der Waals surface area contributed by atoms with Gasteiger partial charge in [0.1, 0.15) is 0 Å². The summed E-state index contributed by atoms with van der Waals surface area (Å²) in [4.78, 5) is 7.33. The molecule has 0 bridgehead atoms. The van der Waals surface area contributed by atoms with E-state index in [1.807, 2.05) is 6.92 Å². The third kappa shape index (κ3) is 1.16. The quantitative estimate of drug-likeness (QED) is 0.696. The van der Waals surface area contributed by atoms with E-state index in [0.717, 1.165) is 17.5 Å². The van der Waals surface area contributed by atoms with E-state index < -0.39 is 0 Å². The molecule has 0 unspecified atom stereocenters. The minimum atomic E-state index is 0.499. The van der Waals surface area contributed by atoms with Crippen molar-refractivity contribution in [3.63, 3.8) is 0 Å². The van der Waals surface area contributed by atoms with Crippen LogP contribution in [0.15, 0.2) is 12.1 Å². The number of H-pyrrole nitrogens is 1. The molecule has 0 saturated heterocycles. The van der Waals surface area contributed by atoms with E-state index in [0.29, 0.717) is 5.95 Å². The van der Waals surface area contributed by atoms with Gasteiger partial charge in [0.25, 0.3) is 0 Å². The van der Waals surface area contributed by atoms with Gasteiger partial charge in [-0.1, -0.05) is 19.1 Å². The second kappa shape index (κ2) is 2.76. The van der Waals surface area contributed by atoms with Crippen LogP contribution in [0.3, 0.4) is 0 Å². The van der Waals surface area contributed by atoms with Crippen LogP contribution in [-0.4, -0.2) is 9.97 Å². The van der Waals surface area contributed by atoms with Gasteiger partial charge in [0.15, 0.2) is 5.95 Å². The van der Waals surface area contributed by atoms with Gasteiger partial charge in [0, 0.05) is 0 Å². The summed E-state index contributed by atoms with van der Waals surface area (Å²) >= 11 is 0. The highest BCUT2D eigenvalue weighted by Gasteiger charge is 2.06. The molecule has 0 aliphatic rings. The van der Waals surface area contributed by atoms with Gasteiger partial charge in [-0.15, -0.1) is 0 Å². The maximum absolute atomic E-state index is 5.62. The van der Waals surface area contributed by atoms with Gasteiger partial charge in [0.05, 0.1) is 11.0 Å². The molecule has 3 N–H and O–H groups in total. The summed E-state index contributed by atoms with van der Waals surface area (Å²) in [6.07, 6.45) is 0.998. The summed E-state index contributed by atoms with van der Waals surface area (Å²) in [5.74, 6) is 0.499. The Kier molecular flexibility index (Phi) is 1.72. The maximum Gasteiger partial charge on any atom is 0.198 e. The van der Waals surface area contributed by atoms with Crippen molar-refractivity contribution in [1.82, 2.24) is 9.97 Å². The Hall–Kier alpha value is -1.51. The van der Waals surface area contributed by atoms with E-state index in [2.05, 4.69) is 29.0 Å². The average molecular weight is 175 g/mol. The lowest BCUT2D eigenvalue weighted by Gasteiger charge is -1.99. The first-order valence-corrected chi connectivity index (χ1v) is 4.46. The summed E-state index contributed by atoms with van der Waals surface area (Å²) in [6.45, 7) is 4.17. The SMILES string of the molecule is CCc1ccc(C)c2nc(N)[nH]c12. The van der Waals surface area contributed by atoms with E-state index in [1.165, 1.54) is 11.1 Å². The number of nitrogens with one attached hydrogen (secondary N) is 1. The molecule has 13 heavy (non-hydrogen) atoms. The number of imidazole rings is 1. The van der Waals surface area contributed by atoms with Crippen molar-refractivity contribution >= 4 is 17.0 Å². The van der Waals surface area contributed by atoms with Gasteiger partial charge >= 0.3 is 0 Å². The number of aromatic nitrogens is 2. The van der Waals surface area contributed by atoms with Crippen LogP contribution in [0, 0.1) is 6.92 Å².